The Balaban J connectivity index is 1.69. The molecular formula is C21H29IO4. The molecule has 4 aliphatic rings. The lowest BCUT2D eigenvalue weighted by Crippen LogP contribution is -2.56. The molecule has 0 bridgehead atoms. The minimum absolute atomic E-state index is 0.0948. The number of allylic oxidation sites excluding steroid dienone is 1. The molecule has 0 spiro atoms. The molecule has 2 unspecified atom stereocenters. The van der Waals surface area contributed by atoms with E-state index in [-0.39, 0.29) is 23.0 Å². The minimum Gasteiger partial charge on any atom is -0.481 e. The van der Waals surface area contributed by atoms with Crippen LogP contribution in [0.15, 0.2) is 11.6 Å². The van der Waals surface area contributed by atoms with Crippen molar-refractivity contribution in [2.75, 3.05) is 0 Å². The van der Waals surface area contributed by atoms with Crippen LogP contribution in [0.1, 0.15) is 65.2 Å². The molecular weight excluding hydrogens is 443 g/mol. The van der Waals surface area contributed by atoms with Crippen molar-refractivity contribution in [2.24, 2.45) is 28.6 Å². The van der Waals surface area contributed by atoms with E-state index in [2.05, 4.69) is 36.4 Å². The number of ketones is 1. The molecule has 0 radical (unpaired) electrons. The molecule has 144 valence electrons. The molecule has 3 fully saturated rings. The highest BCUT2D eigenvalue weighted by atomic mass is 127. The van der Waals surface area contributed by atoms with E-state index in [0.717, 1.165) is 32.1 Å². The van der Waals surface area contributed by atoms with Crippen LogP contribution in [0.3, 0.4) is 0 Å². The van der Waals surface area contributed by atoms with Gasteiger partial charge in [-0.15, -0.1) is 0 Å². The summed E-state index contributed by atoms with van der Waals surface area (Å²) in [4.78, 5) is 23.4. The lowest BCUT2D eigenvalue weighted by Gasteiger charge is -2.60. The molecule has 4 aliphatic carbocycles. The number of rotatable bonds is 2. The largest absolute Gasteiger partial charge is 0.481 e. The Morgan fingerprint density at radius 3 is 2.62 bits per heavy atom. The van der Waals surface area contributed by atoms with Crippen molar-refractivity contribution in [3.63, 3.8) is 0 Å². The molecule has 0 amide bonds. The van der Waals surface area contributed by atoms with Gasteiger partial charge in [0.05, 0.1) is 12.0 Å². The van der Waals surface area contributed by atoms with Crippen LogP contribution < -0.4 is 0 Å². The molecule has 5 heteroatoms. The fourth-order valence-electron chi connectivity index (χ4n) is 7.21. The first kappa shape index (κ1) is 18.9. The van der Waals surface area contributed by atoms with Crippen LogP contribution in [0.5, 0.6) is 0 Å². The predicted molar refractivity (Wildman–Crippen MR) is 107 cm³/mol. The smallest absolute Gasteiger partial charge is 0.306 e. The Morgan fingerprint density at radius 2 is 1.92 bits per heavy atom. The fraction of sp³-hybridized carbons (Fsp3) is 0.810. The van der Waals surface area contributed by atoms with Crippen LogP contribution in [0.25, 0.3) is 0 Å². The number of halogens is 1. The molecule has 0 aromatic carbocycles. The van der Waals surface area contributed by atoms with E-state index in [4.69, 9.17) is 0 Å². The third-order valence-corrected chi connectivity index (χ3v) is 9.88. The van der Waals surface area contributed by atoms with Crippen molar-refractivity contribution in [1.29, 1.82) is 0 Å². The summed E-state index contributed by atoms with van der Waals surface area (Å²) in [7, 11) is 0. The zero-order valence-electron chi connectivity index (χ0n) is 15.6. The Kier molecular flexibility index (Phi) is 4.39. The maximum absolute atomic E-state index is 12.0. The molecule has 0 aromatic rings. The average molecular weight is 472 g/mol. The number of carboxylic acids is 1. The van der Waals surface area contributed by atoms with E-state index in [9.17, 15) is 19.8 Å². The summed E-state index contributed by atoms with van der Waals surface area (Å²) >= 11 is 2.51. The molecule has 4 rings (SSSR count). The van der Waals surface area contributed by atoms with Gasteiger partial charge in [0.2, 0.25) is 0 Å². The lowest BCUT2D eigenvalue weighted by atomic mass is 9.46. The highest BCUT2D eigenvalue weighted by Gasteiger charge is 2.65. The molecule has 0 aromatic heterocycles. The number of carbonyl (C=O) groups is 2. The topological polar surface area (TPSA) is 74.6 Å². The zero-order chi connectivity index (χ0) is 18.9. The van der Waals surface area contributed by atoms with Crippen LogP contribution in [0, 0.1) is 28.6 Å². The second-order valence-corrected chi connectivity index (χ2v) is 11.2. The quantitative estimate of drug-likeness (QED) is 0.468. The van der Waals surface area contributed by atoms with Crippen LogP contribution >= 0.6 is 22.6 Å². The molecule has 4 nitrogen and oxygen atoms in total. The molecule has 7 atom stereocenters. The third-order valence-electron chi connectivity index (χ3n) is 8.70. The number of carbonyl (C=O) groups excluding carboxylic acids is 1. The monoisotopic (exact) mass is 472 g/mol. The number of carboxylic acid groups (broad SMARTS) is 1. The van der Waals surface area contributed by atoms with Crippen molar-refractivity contribution in [1.82, 2.24) is 0 Å². The van der Waals surface area contributed by atoms with Crippen molar-refractivity contribution in [2.45, 2.75) is 74.7 Å². The molecule has 2 N–H and O–H groups in total. The van der Waals surface area contributed by atoms with E-state index < -0.39 is 11.6 Å². The summed E-state index contributed by atoms with van der Waals surface area (Å²) in [5.74, 6) is 0.843. The van der Waals surface area contributed by atoms with Crippen LogP contribution in [0.4, 0.5) is 0 Å². The van der Waals surface area contributed by atoms with Crippen molar-refractivity contribution in [3.8, 4) is 0 Å². The summed E-state index contributed by atoms with van der Waals surface area (Å²) in [5.41, 5.74) is 0.0649. The number of aliphatic carboxylic acids is 1. The Bertz CT molecular complexity index is 687. The van der Waals surface area contributed by atoms with Crippen LogP contribution in [-0.4, -0.2) is 31.5 Å². The van der Waals surface area contributed by atoms with Crippen molar-refractivity contribution < 1.29 is 19.8 Å². The summed E-state index contributed by atoms with van der Waals surface area (Å²) in [6, 6.07) is 0. The Morgan fingerprint density at radius 1 is 1.23 bits per heavy atom. The lowest BCUT2D eigenvalue weighted by molar-refractivity contribution is -0.158. The predicted octanol–water partition coefficient (Wildman–Crippen LogP) is 4.14. The first-order chi connectivity index (χ1) is 12.1. The third kappa shape index (κ3) is 2.48. The van der Waals surface area contributed by atoms with Gasteiger partial charge < -0.3 is 10.2 Å². The second-order valence-electron chi connectivity index (χ2n) is 9.66. The van der Waals surface area contributed by atoms with E-state index in [1.807, 2.05) is 6.08 Å². The maximum Gasteiger partial charge on any atom is 0.306 e. The maximum atomic E-state index is 12.0. The first-order valence-corrected chi connectivity index (χ1v) is 11.2. The highest BCUT2D eigenvalue weighted by Crippen LogP contribution is 2.68. The van der Waals surface area contributed by atoms with Crippen LogP contribution in [0.2, 0.25) is 0 Å². The summed E-state index contributed by atoms with van der Waals surface area (Å²) in [5, 5.41) is 20.6. The zero-order valence-corrected chi connectivity index (χ0v) is 17.8. The molecule has 0 aliphatic heterocycles. The normalized spacial score (nSPS) is 50.5. The Labute approximate surface area is 168 Å². The van der Waals surface area contributed by atoms with Crippen molar-refractivity contribution in [3.05, 3.63) is 11.6 Å². The van der Waals surface area contributed by atoms with Gasteiger partial charge in [-0.25, -0.2) is 0 Å². The standard InChI is InChI=1S/C21H29IO4/c1-19-6-3-12(23)9-16(19)17(22)10-13-14(19)4-7-20(2)15(13)5-8-21(20,26)11-18(24)25/h9,13-15,17,26H,3-8,10-11H2,1-2H3,(H,24,25)/t13-,14-,15+,17?,19-,20+,21?/m1/s1. The van der Waals surface area contributed by atoms with Gasteiger partial charge in [0, 0.05) is 10.3 Å². The molecule has 0 heterocycles. The molecule has 3 saturated carbocycles. The van der Waals surface area contributed by atoms with E-state index in [1.54, 1.807) is 0 Å². The highest BCUT2D eigenvalue weighted by molar-refractivity contribution is 14.1. The number of hydrogen-bond acceptors (Lipinski definition) is 3. The van der Waals surface area contributed by atoms with Gasteiger partial charge in [-0.3, -0.25) is 9.59 Å². The Hall–Kier alpha value is -0.430. The van der Waals surface area contributed by atoms with E-state index in [1.165, 1.54) is 5.57 Å². The number of aliphatic hydroxyl groups is 1. The summed E-state index contributed by atoms with van der Waals surface area (Å²) in [6.45, 7) is 4.50. The van der Waals surface area contributed by atoms with Gasteiger partial charge in [-0.05, 0) is 78.8 Å². The summed E-state index contributed by atoms with van der Waals surface area (Å²) < 4.78 is 0.374. The molecule has 0 saturated heterocycles. The average Bonchev–Trinajstić information content (AvgIpc) is 2.80. The SMILES string of the molecule is C[C@]12CCC(=O)C=C1C(I)C[C@@H]1[C@H]2CC[C@@]2(C)[C@H]1CCC2(O)CC(=O)O. The van der Waals surface area contributed by atoms with Gasteiger partial charge in [-0.1, -0.05) is 36.4 Å². The number of hydrogen-bond donors (Lipinski definition) is 2. The van der Waals surface area contributed by atoms with Gasteiger partial charge in [-0.2, -0.15) is 0 Å². The second kappa shape index (κ2) is 6.03. The van der Waals surface area contributed by atoms with Crippen LogP contribution in [-0.2, 0) is 9.59 Å². The van der Waals surface area contributed by atoms with Crippen molar-refractivity contribution >= 4 is 34.3 Å². The van der Waals surface area contributed by atoms with Gasteiger partial charge in [0.25, 0.3) is 0 Å². The number of alkyl halides is 1. The van der Waals surface area contributed by atoms with Gasteiger partial charge in [0.15, 0.2) is 5.78 Å². The number of fused-ring (bicyclic) bond motifs is 5. The molecule has 26 heavy (non-hydrogen) atoms. The summed E-state index contributed by atoms with van der Waals surface area (Å²) in [6.07, 6.45) is 7.91. The van der Waals surface area contributed by atoms with Gasteiger partial charge in [0.1, 0.15) is 0 Å². The van der Waals surface area contributed by atoms with E-state index >= 15 is 0 Å². The first-order valence-electron chi connectivity index (χ1n) is 9.94. The minimum atomic E-state index is -1.07. The van der Waals surface area contributed by atoms with E-state index in [0.29, 0.717) is 34.5 Å². The van der Waals surface area contributed by atoms with Gasteiger partial charge >= 0.3 is 5.97 Å². The fourth-order valence-corrected chi connectivity index (χ4v) is 8.69.